The Bertz CT molecular complexity index is 416. The number of nitrogens with one attached hydrogen (secondary N) is 2. The Morgan fingerprint density at radius 2 is 1.80 bits per heavy atom. The lowest BCUT2D eigenvalue weighted by Crippen LogP contribution is -2.54. The average molecular weight is 278 g/mol. The van der Waals surface area contributed by atoms with Crippen molar-refractivity contribution in [2.45, 2.75) is 52.1 Å². The van der Waals surface area contributed by atoms with Crippen LogP contribution in [0.1, 0.15) is 39.2 Å². The Morgan fingerprint density at radius 1 is 1.25 bits per heavy atom. The summed E-state index contributed by atoms with van der Waals surface area (Å²) in [6, 6.07) is 7.34. The van der Waals surface area contributed by atoms with E-state index < -0.39 is 0 Å². The van der Waals surface area contributed by atoms with Gasteiger partial charge in [-0.2, -0.15) is 0 Å². The molecule has 4 nitrogen and oxygen atoms in total. The minimum absolute atomic E-state index is 0.0299. The summed E-state index contributed by atoms with van der Waals surface area (Å²) in [6.07, 6.45) is 1.56. The highest BCUT2D eigenvalue weighted by Gasteiger charge is 2.29. The van der Waals surface area contributed by atoms with Crippen LogP contribution in [0.2, 0.25) is 0 Å². The Balaban J connectivity index is 2.65. The summed E-state index contributed by atoms with van der Waals surface area (Å²) in [5.41, 5.74) is 1.56. The average Bonchev–Trinajstić information content (AvgIpc) is 2.47. The smallest absolute Gasteiger partial charge is 0.241 e. The van der Waals surface area contributed by atoms with Crippen LogP contribution in [-0.4, -0.2) is 29.2 Å². The monoisotopic (exact) mass is 278 g/mol. The lowest BCUT2D eigenvalue weighted by Gasteiger charge is -2.33. The van der Waals surface area contributed by atoms with Gasteiger partial charge in [-0.1, -0.05) is 31.5 Å². The van der Waals surface area contributed by atoms with Crippen molar-refractivity contribution in [3.63, 3.8) is 0 Å². The number of amides is 1. The van der Waals surface area contributed by atoms with E-state index in [2.05, 4.69) is 10.6 Å². The van der Waals surface area contributed by atoms with Gasteiger partial charge in [-0.3, -0.25) is 10.1 Å². The van der Waals surface area contributed by atoms with E-state index >= 15 is 0 Å². The maximum Gasteiger partial charge on any atom is 0.241 e. The highest BCUT2D eigenvalue weighted by Crippen LogP contribution is 2.16. The lowest BCUT2D eigenvalue weighted by atomic mass is 9.93. The highest BCUT2D eigenvalue weighted by molar-refractivity contribution is 5.94. The summed E-state index contributed by atoms with van der Waals surface area (Å²) in [6.45, 7) is 7.88. The zero-order valence-electron chi connectivity index (χ0n) is 12.9. The van der Waals surface area contributed by atoms with E-state index in [0.717, 1.165) is 24.1 Å². The maximum atomic E-state index is 12.2. The standard InChI is InChI=1S/C16H26N2O2/c1-5-16(6-2,11-19)18-13(4)15(20)17-14-9-7-12(3)8-10-14/h7-10,13,18-19H,5-6,11H2,1-4H3,(H,17,20). The molecule has 0 aliphatic rings. The van der Waals surface area contributed by atoms with E-state index in [1.807, 2.05) is 52.0 Å². The molecule has 20 heavy (non-hydrogen) atoms. The molecular formula is C16H26N2O2. The fourth-order valence-electron chi connectivity index (χ4n) is 2.14. The zero-order chi connectivity index (χ0) is 15.2. The zero-order valence-corrected chi connectivity index (χ0v) is 12.9. The number of hydrogen-bond donors (Lipinski definition) is 3. The first-order valence-corrected chi connectivity index (χ1v) is 7.22. The molecule has 0 aliphatic carbocycles. The number of anilines is 1. The van der Waals surface area contributed by atoms with E-state index in [1.54, 1.807) is 0 Å². The SMILES string of the molecule is CCC(CC)(CO)NC(C)C(=O)Nc1ccc(C)cc1. The van der Waals surface area contributed by atoms with Gasteiger partial charge in [-0.25, -0.2) is 0 Å². The molecule has 1 unspecified atom stereocenters. The van der Waals surface area contributed by atoms with E-state index in [9.17, 15) is 9.90 Å². The predicted molar refractivity (Wildman–Crippen MR) is 82.8 cm³/mol. The van der Waals surface area contributed by atoms with Crippen LogP contribution in [0.15, 0.2) is 24.3 Å². The molecule has 112 valence electrons. The van der Waals surface area contributed by atoms with E-state index in [1.165, 1.54) is 0 Å². The van der Waals surface area contributed by atoms with Gasteiger partial charge in [-0.15, -0.1) is 0 Å². The third kappa shape index (κ3) is 4.32. The summed E-state index contributed by atoms with van der Waals surface area (Å²) in [5, 5.41) is 15.7. The largest absolute Gasteiger partial charge is 0.394 e. The van der Waals surface area contributed by atoms with Gasteiger partial charge in [0.15, 0.2) is 0 Å². The normalized spacial score (nSPS) is 13.1. The van der Waals surface area contributed by atoms with Crippen LogP contribution in [0.4, 0.5) is 5.69 Å². The first-order chi connectivity index (χ1) is 9.46. The van der Waals surface area contributed by atoms with Crippen molar-refractivity contribution in [1.82, 2.24) is 5.32 Å². The van der Waals surface area contributed by atoms with Crippen molar-refractivity contribution in [2.24, 2.45) is 0 Å². The van der Waals surface area contributed by atoms with Crippen LogP contribution >= 0.6 is 0 Å². The third-order valence-electron chi connectivity index (χ3n) is 3.89. The number of rotatable bonds is 7. The van der Waals surface area contributed by atoms with Crippen molar-refractivity contribution in [3.8, 4) is 0 Å². The van der Waals surface area contributed by atoms with Crippen LogP contribution in [-0.2, 0) is 4.79 Å². The van der Waals surface area contributed by atoms with Crippen molar-refractivity contribution in [1.29, 1.82) is 0 Å². The quantitative estimate of drug-likeness (QED) is 0.718. The van der Waals surface area contributed by atoms with Crippen molar-refractivity contribution in [2.75, 3.05) is 11.9 Å². The number of aryl methyl sites for hydroxylation is 1. The van der Waals surface area contributed by atoms with Crippen LogP contribution in [0.5, 0.6) is 0 Å². The van der Waals surface area contributed by atoms with Gasteiger partial charge in [0.05, 0.1) is 12.6 Å². The summed E-state index contributed by atoms with van der Waals surface area (Å²) < 4.78 is 0. The van der Waals surface area contributed by atoms with Gasteiger partial charge >= 0.3 is 0 Å². The molecule has 0 aromatic heterocycles. The van der Waals surface area contributed by atoms with Gasteiger partial charge in [0, 0.05) is 11.2 Å². The molecule has 0 aliphatic heterocycles. The maximum absolute atomic E-state index is 12.2. The molecule has 0 saturated heterocycles. The Labute approximate surface area is 121 Å². The first kappa shape index (κ1) is 16.7. The van der Waals surface area contributed by atoms with Crippen LogP contribution in [0.3, 0.4) is 0 Å². The van der Waals surface area contributed by atoms with Gasteiger partial charge in [0.1, 0.15) is 0 Å². The number of aliphatic hydroxyl groups excluding tert-OH is 1. The second-order valence-electron chi connectivity index (χ2n) is 5.37. The molecule has 1 aromatic carbocycles. The lowest BCUT2D eigenvalue weighted by molar-refractivity contribution is -0.118. The molecule has 0 heterocycles. The van der Waals surface area contributed by atoms with Crippen molar-refractivity contribution < 1.29 is 9.90 Å². The van der Waals surface area contributed by atoms with Crippen LogP contribution < -0.4 is 10.6 Å². The number of aliphatic hydroxyl groups is 1. The first-order valence-electron chi connectivity index (χ1n) is 7.22. The molecule has 0 saturated carbocycles. The fourth-order valence-corrected chi connectivity index (χ4v) is 2.14. The molecule has 0 bridgehead atoms. The van der Waals surface area contributed by atoms with Gasteiger partial charge in [0.25, 0.3) is 0 Å². The second kappa shape index (κ2) is 7.41. The van der Waals surface area contributed by atoms with E-state index in [4.69, 9.17) is 0 Å². The summed E-state index contributed by atoms with van der Waals surface area (Å²) in [7, 11) is 0. The predicted octanol–water partition coefficient (Wildman–Crippen LogP) is 2.46. The molecule has 3 N–H and O–H groups in total. The van der Waals surface area contributed by atoms with Gasteiger partial charge < -0.3 is 10.4 Å². The topological polar surface area (TPSA) is 61.4 Å². The van der Waals surface area contributed by atoms with Gasteiger partial charge in [0.2, 0.25) is 5.91 Å². The molecule has 0 radical (unpaired) electrons. The molecule has 4 heteroatoms. The molecule has 1 aromatic rings. The third-order valence-corrected chi connectivity index (χ3v) is 3.89. The minimum Gasteiger partial charge on any atom is -0.394 e. The highest BCUT2D eigenvalue weighted by atomic mass is 16.3. The summed E-state index contributed by atoms with van der Waals surface area (Å²) in [5.74, 6) is -0.0893. The van der Waals surface area contributed by atoms with Crippen LogP contribution in [0, 0.1) is 6.92 Å². The number of carbonyl (C=O) groups excluding carboxylic acids is 1. The number of benzene rings is 1. The summed E-state index contributed by atoms with van der Waals surface area (Å²) >= 11 is 0. The fraction of sp³-hybridized carbons (Fsp3) is 0.562. The minimum atomic E-state index is -0.385. The van der Waals surface area contributed by atoms with Crippen molar-refractivity contribution >= 4 is 11.6 Å². The Morgan fingerprint density at radius 3 is 2.25 bits per heavy atom. The Kier molecular flexibility index (Phi) is 6.17. The molecule has 0 spiro atoms. The molecular weight excluding hydrogens is 252 g/mol. The van der Waals surface area contributed by atoms with Gasteiger partial charge in [-0.05, 0) is 38.8 Å². The van der Waals surface area contributed by atoms with E-state index in [0.29, 0.717) is 0 Å². The van der Waals surface area contributed by atoms with Crippen molar-refractivity contribution in [3.05, 3.63) is 29.8 Å². The summed E-state index contributed by atoms with van der Waals surface area (Å²) in [4.78, 5) is 12.2. The molecule has 1 atom stereocenters. The molecule has 0 fully saturated rings. The number of carbonyl (C=O) groups is 1. The molecule has 1 rings (SSSR count). The number of hydrogen-bond acceptors (Lipinski definition) is 3. The second-order valence-corrected chi connectivity index (χ2v) is 5.37. The van der Waals surface area contributed by atoms with E-state index in [-0.39, 0.29) is 24.1 Å². The Hall–Kier alpha value is -1.39. The van der Waals surface area contributed by atoms with Crippen LogP contribution in [0.25, 0.3) is 0 Å². The molecule has 1 amide bonds.